The van der Waals surface area contributed by atoms with Crippen molar-refractivity contribution in [2.24, 2.45) is 0 Å². The quantitative estimate of drug-likeness (QED) is 0.0261. The second kappa shape index (κ2) is 67.3. The maximum absolute atomic E-state index is 12.9. The molecule has 0 saturated carbocycles. The van der Waals surface area contributed by atoms with E-state index >= 15 is 0 Å². The molecule has 0 aliphatic carbocycles. The molecule has 0 spiro atoms. The molecule has 0 amide bonds. The summed E-state index contributed by atoms with van der Waals surface area (Å²) in [5.41, 5.74) is 0. The van der Waals surface area contributed by atoms with Crippen molar-refractivity contribution in [3.8, 4) is 0 Å². The lowest BCUT2D eigenvalue weighted by atomic mass is 10.1. The normalized spacial score (nSPS) is 13.3. The Labute approximate surface area is 498 Å². The number of rotatable bonds is 57. The SMILES string of the molecule is CC/C=C\C/C=C\C/C=C\C/C=C\C/C=C\C/C=C\C/C=C\C/C=C\CCCCCCC(=O)OCC(COC(=O)CCCCCCC/C=C\C/C=C\CCCCC)OC(=O)CCCCCCCC/C=C\C/C=C\C/C=C\C/C=C\CC. The largest absolute Gasteiger partial charge is 0.462 e. The van der Waals surface area contributed by atoms with Gasteiger partial charge in [-0.15, -0.1) is 0 Å². The summed E-state index contributed by atoms with van der Waals surface area (Å²) >= 11 is 0. The number of carbonyl (C=O) groups is 3. The maximum atomic E-state index is 12.9. The summed E-state index contributed by atoms with van der Waals surface area (Å²) in [5, 5.41) is 0. The first kappa shape index (κ1) is 75.8. The summed E-state index contributed by atoms with van der Waals surface area (Å²) in [6.07, 6.45) is 99.2. The van der Waals surface area contributed by atoms with E-state index in [-0.39, 0.29) is 31.1 Å². The van der Waals surface area contributed by atoms with Crippen LogP contribution in [0, 0.1) is 0 Å². The van der Waals surface area contributed by atoms with Gasteiger partial charge in [-0.3, -0.25) is 14.4 Å². The van der Waals surface area contributed by atoms with Crippen molar-refractivity contribution in [3.05, 3.63) is 170 Å². The van der Waals surface area contributed by atoms with Crippen molar-refractivity contribution in [1.29, 1.82) is 0 Å². The van der Waals surface area contributed by atoms with Crippen LogP contribution in [0.1, 0.15) is 265 Å². The van der Waals surface area contributed by atoms with Crippen molar-refractivity contribution in [2.45, 2.75) is 271 Å². The van der Waals surface area contributed by atoms with Crippen LogP contribution in [-0.4, -0.2) is 37.2 Å². The van der Waals surface area contributed by atoms with E-state index in [0.29, 0.717) is 19.3 Å². The van der Waals surface area contributed by atoms with Gasteiger partial charge < -0.3 is 14.2 Å². The van der Waals surface area contributed by atoms with Crippen molar-refractivity contribution < 1.29 is 28.6 Å². The smallest absolute Gasteiger partial charge is 0.306 e. The summed E-state index contributed by atoms with van der Waals surface area (Å²) in [6, 6.07) is 0. The molecule has 0 aromatic rings. The molecule has 0 aromatic heterocycles. The summed E-state index contributed by atoms with van der Waals surface area (Å²) < 4.78 is 16.9. The van der Waals surface area contributed by atoms with E-state index in [2.05, 4.69) is 191 Å². The second-order valence-corrected chi connectivity index (χ2v) is 20.9. The van der Waals surface area contributed by atoms with Crippen LogP contribution in [0.5, 0.6) is 0 Å². The van der Waals surface area contributed by atoms with Crippen molar-refractivity contribution in [3.63, 3.8) is 0 Å². The van der Waals surface area contributed by atoms with Gasteiger partial charge in [0.25, 0.3) is 0 Å². The molecule has 0 saturated heterocycles. The third kappa shape index (κ3) is 65.5. The lowest BCUT2D eigenvalue weighted by Gasteiger charge is -2.18. The molecule has 6 heteroatoms. The molecule has 81 heavy (non-hydrogen) atoms. The number of allylic oxidation sites excluding steroid dienone is 28. The molecule has 454 valence electrons. The third-order valence-electron chi connectivity index (χ3n) is 13.2. The Hall–Kier alpha value is -5.23. The molecule has 6 nitrogen and oxygen atoms in total. The number of carbonyl (C=O) groups excluding carboxylic acids is 3. The molecule has 0 radical (unpaired) electrons. The Morgan fingerprint density at radius 3 is 0.753 bits per heavy atom. The van der Waals surface area contributed by atoms with E-state index in [4.69, 9.17) is 14.2 Å². The zero-order valence-electron chi connectivity index (χ0n) is 52.0. The Kier molecular flexibility index (Phi) is 62.9. The average Bonchev–Trinajstić information content (AvgIpc) is 3.47. The van der Waals surface area contributed by atoms with Crippen molar-refractivity contribution in [1.82, 2.24) is 0 Å². The molecule has 0 rings (SSSR count). The van der Waals surface area contributed by atoms with Gasteiger partial charge in [-0.25, -0.2) is 0 Å². The highest BCUT2D eigenvalue weighted by atomic mass is 16.6. The summed E-state index contributed by atoms with van der Waals surface area (Å²) in [4.78, 5) is 38.4. The monoisotopic (exact) mass is 1110 g/mol. The standard InChI is InChI=1S/C75H118O6/c1-4-7-10-13-16-19-22-25-28-30-32-33-34-35-36-37-38-39-40-41-43-44-47-50-53-56-59-62-65-68-74(77)80-71-72(70-79-73(76)67-64-61-58-55-52-49-46-27-24-21-18-15-12-9-6-3)81-75(78)69-66-63-60-57-54-51-48-45-42-31-29-26-23-20-17-14-11-8-5-2/h7-8,10-11,16-21,25-29,32-33,35-36,38-39,41-43,45-47,50,72H,4-6,9,12-15,22-24,30-31,34,37,40,44,48-49,51-71H2,1-3H3/b10-7-,11-8-,19-16-,20-17-,21-18-,28-25-,29-26-,33-32-,36-35-,39-38-,43-41-,45-42-,46-27-,50-47-. The Morgan fingerprint density at radius 2 is 0.481 bits per heavy atom. The van der Waals surface area contributed by atoms with Crippen LogP contribution in [0.25, 0.3) is 0 Å². The van der Waals surface area contributed by atoms with Crippen LogP contribution in [0.4, 0.5) is 0 Å². The Bertz CT molecular complexity index is 1860. The van der Waals surface area contributed by atoms with Gasteiger partial charge in [-0.1, -0.05) is 262 Å². The van der Waals surface area contributed by atoms with Crippen LogP contribution in [0.3, 0.4) is 0 Å². The van der Waals surface area contributed by atoms with Crippen molar-refractivity contribution in [2.75, 3.05) is 13.2 Å². The highest BCUT2D eigenvalue weighted by Gasteiger charge is 2.19. The fourth-order valence-corrected chi connectivity index (χ4v) is 8.36. The Balaban J connectivity index is 4.47. The number of ether oxygens (including phenoxy) is 3. The minimum Gasteiger partial charge on any atom is -0.462 e. The molecule has 0 heterocycles. The van der Waals surface area contributed by atoms with Crippen molar-refractivity contribution >= 4 is 17.9 Å². The van der Waals surface area contributed by atoms with Crippen LogP contribution >= 0.6 is 0 Å². The predicted octanol–water partition coefficient (Wildman–Crippen LogP) is 22.7. The fourth-order valence-electron chi connectivity index (χ4n) is 8.36. The van der Waals surface area contributed by atoms with E-state index in [0.717, 1.165) is 186 Å². The molecular weight excluding hydrogens is 997 g/mol. The lowest BCUT2D eigenvalue weighted by molar-refractivity contribution is -0.167. The Morgan fingerprint density at radius 1 is 0.259 bits per heavy atom. The van der Waals surface area contributed by atoms with Crippen LogP contribution in [0.15, 0.2) is 170 Å². The average molecular weight is 1120 g/mol. The van der Waals surface area contributed by atoms with Crippen LogP contribution < -0.4 is 0 Å². The van der Waals surface area contributed by atoms with Gasteiger partial charge in [0.15, 0.2) is 6.10 Å². The van der Waals surface area contributed by atoms with Crippen LogP contribution in [-0.2, 0) is 28.6 Å². The molecular formula is C75H118O6. The van der Waals surface area contributed by atoms with E-state index in [1.165, 1.54) is 38.5 Å². The molecule has 0 aromatic carbocycles. The first-order chi connectivity index (χ1) is 40.0. The van der Waals surface area contributed by atoms with Crippen LogP contribution in [0.2, 0.25) is 0 Å². The lowest BCUT2D eigenvalue weighted by Crippen LogP contribution is -2.30. The third-order valence-corrected chi connectivity index (χ3v) is 13.2. The minimum atomic E-state index is -0.813. The van der Waals surface area contributed by atoms with Gasteiger partial charge in [0.2, 0.25) is 0 Å². The summed E-state index contributed by atoms with van der Waals surface area (Å²) in [7, 11) is 0. The number of esters is 3. The molecule has 0 N–H and O–H groups in total. The molecule has 1 atom stereocenters. The summed E-state index contributed by atoms with van der Waals surface area (Å²) in [5.74, 6) is -0.963. The maximum Gasteiger partial charge on any atom is 0.306 e. The minimum absolute atomic E-state index is 0.107. The zero-order chi connectivity index (χ0) is 58.5. The van der Waals surface area contributed by atoms with E-state index in [9.17, 15) is 14.4 Å². The number of unbranched alkanes of at least 4 members (excludes halogenated alkanes) is 18. The number of hydrogen-bond acceptors (Lipinski definition) is 6. The van der Waals surface area contributed by atoms with Gasteiger partial charge >= 0.3 is 17.9 Å². The first-order valence-corrected chi connectivity index (χ1v) is 32.6. The van der Waals surface area contributed by atoms with E-state index in [1.54, 1.807) is 0 Å². The highest BCUT2D eigenvalue weighted by molar-refractivity contribution is 5.71. The van der Waals surface area contributed by atoms with E-state index < -0.39 is 6.10 Å². The highest BCUT2D eigenvalue weighted by Crippen LogP contribution is 2.14. The van der Waals surface area contributed by atoms with Gasteiger partial charge in [-0.05, 0) is 154 Å². The number of hydrogen-bond donors (Lipinski definition) is 0. The van der Waals surface area contributed by atoms with Gasteiger partial charge in [0.05, 0.1) is 0 Å². The molecule has 0 fully saturated rings. The van der Waals surface area contributed by atoms with Gasteiger partial charge in [0, 0.05) is 19.3 Å². The predicted molar refractivity (Wildman–Crippen MR) is 352 cm³/mol. The molecule has 0 bridgehead atoms. The van der Waals surface area contributed by atoms with E-state index in [1.807, 2.05) is 0 Å². The second-order valence-electron chi connectivity index (χ2n) is 20.9. The molecule has 1 unspecified atom stereocenters. The first-order valence-electron chi connectivity index (χ1n) is 32.6. The fraction of sp³-hybridized carbons (Fsp3) is 0.587. The van der Waals surface area contributed by atoms with Gasteiger partial charge in [-0.2, -0.15) is 0 Å². The summed E-state index contributed by atoms with van der Waals surface area (Å²) in [6.45, 7) is 6.34. The molecule has 0 aliphatic heterocycles. The molecule has 0 aliphatic rings. The zero-order valence-corrected chi connectivity index (χ0v) is 52.0. The van der Waals surface area contributed by atoms with Gasteiger partial charge in [0.1, 0.15) is 13.2 Å². The topological polar surface area (TPSA) is 78.9 Å².